The van der Waals surface area contributed by atoms with Crippen molar-refractivity contribution in [3.05, 3.63) is 0 Å². The van der Waals surface area contributed by atoms with Gasteiger partial charge in [0, 0.05) is 31.6 Å². The molecule has 0 radical (unpaired) electrons. The van der Waals surface area contributed by atoms with Crippen molar-refractivity contribution >= 4 is 29.6 Å². The van der Waals surface area contributed by atoms with Crippen LogP contribution < -0.4 is 5.26 Å². The first-order chi connectivity index (χ1) is 18.5. The van der Waals surface area contributed by atoms with Gasteiger partial charge < -0.3 is 9.99 Å². The van der Waals surface area contributed by atoms with Crippen molar-refractivity contribution in [2.75, 3.05) is 0 Å². The van der Waals surface area contributed by atoms with E-state index in [0.29, 0.717) is 19.3 Å². The van der Waals surface area contributed by atoms with E-state index in [1.165, 1.54) is 0 Å². The number of hydrogen-bond acceptors (Lipinski definition) is 8. The molecule has 0 aliphatic heterocycles. The van der Waals surface area contributed by atoms with E-state index in [2.05, 4.69) is 28.0 Å². The summed E-state index contributed by atoms with van der Waals surface area (Å²) >= 11 is -1.18. The minimum Gasteiger partial charge on any atom is -0.691 e. The number of hydrogen-bond donors (Lipinski definition) is 0. The maximum Gasteiger partial charge on any atom is 0.432 e. The molecule has 9 atom stereocenters. The molecular formula is C27H36F5O7S-. The van der Waals surface area contributed by atoms with Gasteiger partial charge in [-0.05, 0) is 78.9 Å². The lowest BCUT2D eigenvalue weighted by molar-refractivity contribution is -0.777. The minimum atomic E-state index is -5.61. The molecule has 4 rings (SSSR count). The summed E-state index contributed by atoms with van der Waals surface area (Å²) in [6.45, 7) is 6.31. The van der Waals surface area contributed by atoms with Crippen LogP contribution in [0.5, 0.6) is 0 Å². The zero-order valence-corrected chi connectivity index (χ0v) is 23.6. The van der Waals surface area contributed by atoms with Crippen LogP contribution in [-0.4, -0.2) is 35.1 Å². The van der Waals surface area contributed by atoms with E-state index in [0.717, 1.165) is 32.1 Å². The number of Topliss-reactive ketones (excluding diaryl/α,β-unsaturated/α-hetero) is 2. The Balaban J connectivity index is 1.40. The summed E-state index contributed by atoms with van der Waals surface area (Å²) in [5.41, 5.74) is -0.233. The third kappa shape index (κ3) is 5.81. The Kier molecular flexibility index (Phi) is 9.02. The van der Waals surface area contributed by atoms with Gasteiger partial charge in [0.1, 0.15) is 23.6 Å². The van der Waals surface area contributed by atoms with E-state index in [4.69, 9.17) is 0 Å². The largest absolute Gasteiger partial charge is 0.691 e. The van der Waals surface area contributed by atoms with Crippen molar-refractivity contribution < 1.29 is 55.7 Å². The number of carbonyl (C=O) groups excluding carboxylic acids is 3. The van der Waals surface area contributed by atoms with Gasteiger partial charge in [-0.3, -0.25) is 19.4 Å². The van der Waals surface area contributed by atoms with Gasteiger partial charge in [0.25, 0.3) is 6.10 Å². The fraction of sp³-hybridized carbons (Fsp3) is 0.889. The highest BCUT2D eigenvalue weighted by molar-refractivity contribution is 7.95. The van der Waals surface area contributed by atoms with Gasteiger partial charge >= 0.3 is 17.4 Å². The van der Waals surface area contributed by atoms with Gasteiger partial charge in [-0.2, -0.15) is 26.3 Å². The lowest BCUT2D eigenvalue weighted by Gasteiger charge is -2.59. The van der Waals surface area contributed by atoms with Gasteiger partial charge in [0.05, 0.1) is 0 Å². The van der Waals surface area contributed by atoms with E-state index in [1.54, 1.807) is 0 Å². The fourth-order valence-electron chi connectivity index (χ4n) is 8.87. The molecule has 2 unspecified atom stereocenters. The predicted molar refractivity (Wildman–Crippen MR) is 130 cm³/mol. The van der Waals surface area contributed by atoms with Gasteiger partial charge in [-0.15, -0.1) is 0 Å². The number of ether oxygens (including phenoxy) is 1. The fourth-order valence-corrected chi connectivity index (χ4v) is 9.25. The van der Waals surface area contributed by atoms with Crippen molar-refractivity contribution in [3.8, 4) is 0 Å². The van der Waals surface area contributed by atoms with E-state index in [-0.39, 0.29) is 64.3 Å². The van der Waals surface area contributed by atoms with E-state index in [1.807, 2.05) is 6.92 Å². The van der Waals surface area contributed by atoms with Crippen LogP contribution in [0, 0.1) is 46.3 Å². The topological polar surface area (TPSA) is 102 Å². The highest BCUT2D eigenvalue weighted by Crippen LogP contribution is 2.67. The third-order valence-corrected chi connectivity index (χ3v) is 11.4. The average molecular weight is 600 g/mol. The van der Waals surface area contributed by atoms with E-state index in [9.17, 15) is 41.6 Å². The van der Waals surface area contributed by atoms with Crippen LogP contribution in [0.3, 0.4) is 0 Å². The molecule has 4 aliphatic rings. The van der Waals surface area contributed by atoms with Crippen LogP contribution in [0.1, 0.15) is 85.0 Å². The zero-order valence-electron chi connectivity index (χ0n) is 22.8. The van der Waals surface area contributed by atoms with Gasteiger partial charge in [-0.1, -0.05) is 20.8 Å². The van der Waals surface area contributed by atoms with Crippen molar-refractivity contribution in [3.63, 3.8) is 0 Å². The summed E-state index contributed by atoms with van der Waals surface area (Å²) in [4.78, 5) is 37.9. The first kappa shape index (κ1) is 31.6. The quantitative estimate of drug-likeness (QED) is 0.109. The van der Waals surface area contributed by atoms with Crippen molar-refractivity contribution in [1.82, 2.24) is 0 Å². The van der Waals surface area contributed by atoms with Crippen LogP contribution in [-0.2, 0) is 28.5 Å². The SMILES string of the molecule is CC(CCC(=O)OC(C(F)(F)F)C(F)(F)SOO[O-])[C@H]1CC[C@H]2[C@@H]3C(=O)C[C@@H]4CC(=O)CC[C@]4(C)[C@H]3CC[C@]12C. The number of ketones is 2. The number of alkyl halides is 5. The summed E-state index contributed by atoms with van der Waals surface area (Å²) in [7, 11) is 0. The van der Waals surface area contributed by atoms with Crippen molar-refractivity contribution in [2.24, 2.45) is 46.3 Å². The summed E-state index contributed by atoms with van der Waals surface area (Å²) in [5, 5.41) is 7.69. The van der Waals surface area contributed by atoms with Gasteiger partial charge in [-0.25, -0.2) is 0 Å². The number of esters is 1. The second-order valence-electron chi connectivity index (χ2n) is 12.8. The highest BCUT2D eigenvalue weighted by atomic mass is 32.2. The Morgan fingerprint density at radius 1 is 1.05 bits per heavy atom. The van der Waals surface area contributed by atoms with Gasteiger partial charge in [0.2, 0.25) is 0 Å². The molecule has 7 nitrogen and oxygen atoms in total. The van der Waals surface area contributed by atoms with Crippen LogP contribution in [0.2, 0.25) is 0 Å². The number of rotatable bonds is 9. The monoisotopic (exact) mass is 599 g/mol. The molecule has 0 aromatic rings. The molecule has 0 bridgehead atoms. The lowest BCUT2D eigenvalue weighted by atomic mass is 9.44. The molecule has 0 saturated heterocycles. The molecule has 0 N–H and O–H groups in total. The normalized spacial score (nSPS) is 37.8. The Morgan fingerprint density at radius 2 is 1.73 bits per heavy atom. The molecule has 4 saturated carbocycles. The second kappa shape index (κ2) is 11.4. The van der Waals surface area contributed by atoms with Gasteiger partial charge in [0.15, 0.2) is 0 Å². The Hall–Kier alpha value is -1.31. The van der Waals surface area contributed by atoms with Crippen molar-refractivity contribution in [2.45, 2.75) is 103 Å². The maximum atomic E-state index is 13.9. The maximum absolute atomic E-state index is 13.9. The van der Waals surface area contributed by atoms with E-state index >= 15 is 0 Å². The third-order valence-electron chi connectivity index (χ3n) is 10.9. The number of halogens is 5. The summed E-state index contributed by atoms with van der Waals surface area (Å²) in [6.07, 6.45) is -4.13. The highest BCUT2D eigenvalue weighted by Gasteiger charge is 2.63. The molecule has 228 valence electrons. The molecule has 40 heavy (non-hydrogen) atoms. The van der Waals surface area contributed by atoms with Crippen LogP contribution in [0.4, 0.5) is 22.0 Å². The second-order valence-corrected chi connectivity index (χ2v) is 13.6. The standard InChI is InChI=1S/C27H37F5O7S/c1-14(4-7-21(35)37-23(26(28,29)30)27(31,32)40-39-38-36)17-5-6-18-22-19(9-11-25(17,18)3)24(2)10-8-16(33)12-15(24)13-20(22)34/h14-15,17-19,22-23,36H,4-13H2,1-3H3/p-1/t14?,15-,17+,18-,19-,22-,23?,24-,25+/m0/s1. The molecule has 4 fully saturated rings. The zero-order chi connectivity index (χ0) is 29.7. The predicted octanol–water partition coefficient (Wildman–Crippen LogP) is 5.75. The molecule has 0 amide bonds. The molecule has 0 aromatic carbocycles. The smallest absolute Gasteiger partial charge is 0.432 e. The summed E-state index contributed by atoms with van der Waals surface area (Å²) in [6, 6.07) is 0. The molecule has 4 aliphatic carbocycles. The number of fused-ring (bicyclic) bond motifs is 5. The summed E-state index contributed by atoms with van der Waals surface area (Å²) < 4.78 is 74.9. The number of carbonyl (C=O) groups is 3. The molecular weight excluding hydrogens is 563 g/mol. The molecule has 0 heterocycles. The van der Waals surface area contributed by atoms with E-state index < -0.39 is 42.0 Å². The van der Waals surface area contributed by atoms with Crippen LogP contribution in [0.15, 0.2) is 0 Å². The Morgan fingerprint density at radius 3 is 2.38 bits per heavy atom. The Bertz CT molecular complexity index is 993. The minimum absolute atomic E-state index is 0.0402. The van der Waals surface area contributed by atoms with Crippen LogP contribution in [0.25, 0.3) is 0 Å². The van der Waals surface area contributed by atoms with Crippen molar-refractivity contribution in [1.29, 1.82) is 0 Å². The first-order valence-electron chi connectivity index (χ1n) is 13.9. The van der Waals surface area contributed by atoms with Crippen LogP contribution >= 0.6 is 12.0 Å². The molecule has 13 heteroatoms. The lowest BCUT2D eigenvalue weighted by Crippen LogP contribution is -2.57. The Labute approximate surface area is 234 Å². The molecule has 0 spiro atoms. The average Bonchev–Trinajstić information content (AvgIpc) is 3.22. The first-order valence-corrected chi connectivity index (χ1v) is 14.6. The molecule has 0 aromatic heterocycles. The summed E-state index contributed by atoms with van der Waals surface area (Å²) in [5.74, 6) is -0.585.